The number of amides is 1. The van der Waals surface area contributed by atoms with Gasteiger partial charge in [-0.15, -0.1) is 0 Å². The van der Waals surface area contributed by atoms with Crippen LogP contribution in [0.5, 0.6) is 0 Å². The highest BCUT2D eigenvalue weighted by atomic mass is 16.5. The molecule has 0 spiro atoms. The third-order valence-electron chi connectivity index (χ3n) is 3.64. The zero-order valence-corrected chi connectivity index (χ0v) is 12.8. The van der Waals surface area contributed by atoms with Gasteiger partial charge in [-0.1, -0.05) is 0 Å². The molecule has 7 nitrogen and oxygen atoms in total. The Bertz CT molecular complexity index is 461. The summed E-state index contributed by atoms with van der Waals surface area (Å²) < 4.78 is 10.1. The summed E-state index contributed by atoms with van der Waals surface area (Å²) in [5, 5.41) is 10.5. The molecule has 0 radical (unpaired) electrons. The lowest BCUT2D eigenvalue weighted by molar-refractivity contribution is 0.0667. The Morgan fingerprint density at radius 3 is 2.86 bits per heavy atom. The van der Waals surface area contributed by atoms with Crippen molar-refractivity contribution < 1.29 is 14.3 Å². The fourth-order valence-corrected chi connectivity index (χ4v) is 2.47. The minimum Gasteiger partial charge on any atom is -0.385 e. The van der Waals surface area contributed by atoms with Crippen LogP contribution in [0.15, 0.2) is 0 Å². The SMILES string of the molecule is COCCCN(CCOC)C(=O)c1n[nH]c2c1CNCC2. The van der Waals surface area contributed by atoms with Crippen LogP contribution in [0.1, 0.15) is 28.2 Å². The van der Waals surface area contributed by atoms with E-state index in [9.17, 15) is 4.79 Å². The lowest BCUT2D eigenvalue weighted by atomic mass is 10.1. The van der Waals surface area contributed by atoms with Crippen molar-refractivity contribution in [2.24, 2.45) is 0 Å². The van der Waals surface area contributed by atoms with E-state index in [-0.39, 0.29) is 5.91 Å². The van der Waals surface area contributed by atoms with E-state index < -0.39 is 0 Å². The summed E-state index contributed by atoms with van der Waals surface area (Å²) in [6.07, 6.45) is 1.69. The quantitative estimate of drug-likeness (QED) is 0.669. The second-order valence-corrected chi connectivity index (χ2v) is 5.09. The van der Waals surface area contributed by atoms with Crippen molar-refractivity contribution in [1.82, 2.24) is 20.4 Å². The Labute approximate surface area is 125 Å². The molecule has 0 atom stereocenters. The fourth-order valence-electron chi connectivity index (χ4n) is 2.47. The van der Waals surface area contributed by atoms with Crippen LogP contribution in [0.4, 0.5) is 0 Å². The topological polar surface area (TPSA) is 79.5 Å². The van der Waals surface area contributed by atoms with Crippen molar-refractivity contribution >= 4 is 5.91 Å². The van der Waals surface area contributed by atoms with E-state index in [1.807, 2.05) is 0 Å². The Hall–Kier alpha value is -1.44. The van der Waals surface area contributed by atoms with Gasteiger partial charge in [-0.2, -0.15) is 5.10 Å². The number of aromatic amines is 1. The third kappa shape index (κ3) is 4.03. The number of nitrogens with one attached hydrogen (secondary N) is 2. The Balaban J connectivity index is 2.07. The van der Waals surface area contributed by atoms with Crippen molar-refractivity contribution in [2.45, 2.75) is 19.4 Å². The van der Waals surface area contributed by atoms with Crippen LogP contribution < -0.4 is 5.32 Å². The normalized spacial score (nSPS) is 14.0. The van der Waals surface area contributed by atoms with Crippen LogP contribution in [0.3, 0.4) is 0 Å². The molecular weight excluding hydrogens is 272 g/mol. The summed E-state index contributed by atoms with van der Waals surface area (Å²) in [5.74, 6) is -0.0376. The van der Waals surface area contributed by atoms with Gasteiger partial charge in [-0.05, 0) is 6.42 Å². The van der Waals surface area contributed by atoms with Gasteiger partial charge in [-0.3, -0.25) is 9.89 Å². The van der Waals surface area contributed by atoms with Crippen molar-refractivity contribution in [3.05, 3.63) is 17.0 Å². The highest BCUT2D eigenvalue weighted by molar-refractivity contribution is 5.94. The summed E-state index contributed by atoms with van der Waals surface area (Å²) in [6.45, 7) is 3.98. The maximum Gasteiger partial charge on any atom is 0.274 e. The molecule has 0 bridgehead atoms. The number of carbonyl (C=O) groups is 1. The van der Waals surface area contributed by atoms with Gasteiger partial charge < -0.3 is 19.7 Å². The number of methoxy groups -OCH3 is 2. The van der Waals surface area contributed by atoms with Crippen LogP contribution in [0, 0.1) is 0 Å². The number of H-pyrrole nitrogens is 1. The number of nitrogens with zero attached hydrogens (tertiary/aromatic N) is 2. The monoisotopic (exact) mass is 296 g/mol. The van der Waals surface area contributed by atoms with Gasteiger partial charge in [0.2, 0.25) is 0 Å². The summed E-state index contributed by atoms with van der Waals surface area (Å²) in [5.41, 5.74) is 2.60. The van der Waals surface area contributed by atoms with Gasteiger partial charge in [0.15, 0.2) is 5.69 Å². The predicted octanol–water partition coefficient (Wildman–Crippen LogP) is 0.181. The van der Waals surface area contributed by atoms with E-state index >= 15 is 0 Å². The third-order valence-corrected chi connectivity index (χ3v) is 3.64. The minimum absolute atomic E-state index is 0.0376. The van der Waals surface area contributed by atoms with Gasteiger partial charge in [0.1, 0.15) is 0 Å². The second kappa shape index (κ2) is 8.11. The van der Waals surface area contributed by atoms with Gasteiger partial charge in [-0.25, -0.2) is 0 Å². The van der Waals surface area contributed by atoms with E-state index in [0.29, 0.717) is 38.5 Å². The average Bonchev–Trinajstić information content (AvgIpc) is 2.94. The molecule has 2 rings (SSSR count). The number of aromatic nitrogens is 2. The molecule has 1 aromatic rings. The molecular formula is C14H24N4O3. The van der Waals surface area contributed by atoms with Crippen molar-refractivity contribution in [1.29, 1.82) is 0 Å². The lowest BCUT2D eigenvalue weighted by Gasteiger charge is -2.22. The smallest absolute Gasteiger partial charge is 0.274 e. The molecule has 0 unspecified atom stereocenters. The summed E-state index contributed by atoms with van der Waals surface area (Å²) in [4.78, 5) is 14.5. The second-order valence-electron chi connectivity index (χ2n) is 5.09. The number of hydrogen-bond donors (Lipinski definition) is 2. The van der Waals surface area contributed by atoms with Crippen LogP contribution >= 0.6 is 0 Å². The number of fused-ring (bicyclic) bond motifs is 1. The first-order chi connectivity index (χ1) is 10.3. The van der Waals surface area contributed by atoms with E-state index in [2.05, 4.69) is 15.5 Å². The van der Waals surface area contributed by atoms with Crippen molar-refractivity contribution in [2.75, 3.05) is 47.1 Å². The van der Waals surface area contributed by atoms with E-state index in [4.69, 9.17) is 9.47 Å². The predicted molar refractivity (Wildman–Crippen MR) is 78.3 cm³/mol. The molecule has 21 heavy (non-hydrogen) atoms. The lowest BCUT2D eigenvalue weighted by Crippen LogP contribution is -2.36. The maximum absolute atomic E-state index is 12.7. The van der Waals surface area contributed by atoms with Crippen LogP contribution in [-0.4, -0.2) is 68.1 Å². The van der Waals surface area contributed by atoms with Gasteiger partial charge >= 0.3 is 0 Å². The van der Waals surface area contributed by atoms with E-state index in [1.165, 1.54) is 0 Å². The number of hydrogen-bond acceptors (Lipinski definition) is 5. The zero-order valence-electron chi connectivity index (χ0n) is 12.8. The number of ether oxygens (including phenoxy) is 2. The Kier molecular flexibility index (Phi) is 6.16. The fraction of sp³-hybridized carbons (Fsp3) is 0.714. The molecule has 1 amide bonds. The molecule has 0 fully saturated rings. The molecule has 0 aromatic carbocycles. The molecule has 2 heterocycles. The highest BCUT2D eigenvalue weighted by Gasteiger charge is 2.25. The molecule has 1 aromatic heterocycles. The standard InChI is InChI=1S/C14H24N4O3/c1-20-8-3-6-18(7-9-21-2)14(19)13-11-10-15-5-4-12(11)16-17-13/h15H,3-10H2,1-2H3,(H,16,17). The van der Waals surface area contributed by atoms with Crippen molar-refractivity contribution in [3.8, 4) is 0 Å². The molecule has 0 saturated carbocycles. The Morgan fingerprint density at radius 1 is 1.29 bits per heavy atom. The van der Waals surface area contributed by atoms with Crippen LogP contribution in [0.2, 0.25) is 0 Å². The van der Waals surface area contributed by atoms with Gasteiger partial charge in [0, 0.05) is 64.7 Å². The summed E-state index contributed by atoms with van der Waals surface area (Å²) in [6, 6.07) is 0. The van der Waals surface area contributed by atoms with Gasteiger partial charge in [0.25, 0.3) is 5.91 Å². The average molecular weight is 296 g/mol. The first-order valence-corrected chi connectivity index (χ1v) is 7.32. The van der Waals surface area contributed by atoms with Crippen LogP contribution in [-0.2, 0) is 22.4 Å². The maximum atomic E-state index is 12.7. The first-order valence-electron chi connectivity index (χ1n) is 7.32. The molecule has 2 N–H and O–H groups in total. The number of rotatable bonds is 8. The Morgan fingerprint density at radius 2 is 2.10 bits per heavy atom. The molecule has 7 heteroatoms. The summed E-state index contributed by atoms with van der Waals surface area (Å²) in [7, 11) is 3.30. The minimum atomic E-state index is -0.0376. The van der Waals surface area contributed by atoms with Crippen LogP contribution in [0.25, 0.3) is 0 Å². The molecule has 0 saturated heterocycles. The molecule has 1 aliphatic heterocycles. The first kappa shape index (κ1) is 15.9. The van der Waals surface area contributed by atoms with Crippen molar-refractivity contribution in [3.63, 3.8) is 0 Å². The summed E-state index contributed by atoms with van der Waals surface area (Å²) >= 11 is 0. The van der Waals surface area contributed by atoms with E-state index in [1.54, 1.807) is 19.1 Å². The molecule has 1 aliphatic rings. The van der Waals surface area contributed by atoms with E-state index in [0.717, 1.165) is 30.6 Å². The zero-order chi connectivity index (χ0) is 15.1. The molecule has 118 valence electrons. The van der Waals surface area contributed by atoms with Gasteiger partial charge in [0.05, 0.1) is 6.61 Å². The highest BCUT2D eigenvalue weighted by Crippen LogP contribution is 2.17. The molecule has 0 aliphatic carbocycles. The number of carbonyl (C=O) groups excluding carboxylic acids is 1. The largest absolute Gasteiger partial charge is 0.385 e.